The lowest BCUT2D eigenvalue weighted by molar-refractivity contribution is -0.138. The van der Waals surface area contributed by atoms with Gasteiger partial charge in [-0.3, -0.25) is 9.59 Å². The van der Waals surface area contributed by atoms with Crippen LogP contribution in [0.1, 0.15) is 36.3 Å². The van der Waals surface area contributed by atoms with Crippen molar-refractivity contribution in [1.29, 1.82) is 0 Å². The van der Waals surface area contributed by atoms with Crippen LogP contribution in [0.25, 0.3) is 0 Å². The fourth-order valence-corrected chi connectivity index (χ4v) is 2.40. The van der Waals surface area contributed by atoms with Crippen molar-refractivity contribution < 1.29 is 14.7 Å². The predicted molar refractivity (Wildman–Crippen MR) is 67.4 cm³/mol. The minimum atomic E-state index is -0.934. The van der Waals surface area contributed by atoms with Gasteiger partial charge in [-0.05, 0) is 24.0 Å². The third kappa shape index (κ3) is 3.09. The highest BCUT2D eigenvalue weighted by Gasteiger charge is 2.22. The van der Waals surface area contributed by atoms with E-state index in [2.05, 4.69) is 17.4 Å². The third-order valence-corrected chi connectivity index (χ3v) is 3.37. The Balaban J connectivity index is 1.82. The highest BCUT2D eigenvalue weighted by atomic mass is 16.4. The summed E-state index contributed by atoms with van der Waals surface area (Å²) in [5.74, 6) is -0.742. The summed E-state index contributed by atoms with van der Waals surface area (Å²) in [4.78, 5) is 21.8. The number of hydrogen-bond donors (Lipinski definition) is 2. The number of hydrogen-bond acceptors (Lipinski definition) is 2. The molecule has 4 nitrogen and oxygen atoms in total. The second-order valence-corrected chi connectivity index (χ2v) is 4.63. The Morgan fingerprint density at radius 2 is 2.06 bits per heavy atom. The van der Waals surface area contributed by atoms with Crippen molar-refractivity contribution in [3.05, 3.63) is 35.4 Å². The topological polar surface area (TPSA) is 66.4 Å². The van der Waals surface area contributed by atoms with Crippen LogP contribution in [0.15, 0.2) is 24.3 Å². The number of benzene rings is 1. The molecule has 1 aliphatic rings. The number of carboxylic acids is 1. The molecule has 0 saturated carbocycles. The van der Waals surface area contributed by atoms with Gasteiger partial charge in [-0.25, -0.2) is 0 Å². The van der Waals surface area contributed by atoms with E-state index in [9.17, 15) is 9.59 Å². The van der Waals surface area contributed by atoms with Crippen LogP contribution < -0.4 is 5.32 Å². The second kappa shape index (κ2) is 5.67. The van der Waals surface area contributed by atoms with Crippen LogP contribution in [0.5, 0.6) is 0 Å². The molecule has 2 rings (SSSR count). The molecule has 0 saturated heterocycles. The van der Waals surface area contributed by atoms with Gasteiger partial charge in [0.25, 0.3) is 0 Å². The van der Waals surface area contributed by atoms with Crippen molar-refractivity contribution in [3.8, 4) is 0 Å². The molecule has 0 fully saturated rings. The van der Waals surface area contributed by atoms with E-state index in [1.54, 1.807) is 0 Å². The summed E-state index contributed by atoms with van der Waals surface area (Å²) in [5.41, 5.74) is 2.68. The average Bonchev–Trinajstić information content (AvgIpc) is 2.77. The van der Waals surface area contributed by atoms with Crippen LogP contribution in [0.2, 0.25) is 0 Å². The normalized spacial score (nSPS) is 17.2. The lowest BCUT2D eigenvalue weighted by atomic mass is 10.0. The number of aliphatic carboxylic acids is 1. The average molecular weight is 247 g/mol. The first-order valence-electron chi connectivity index (χ1n) is 6.23. The maximum absolute atomic E-state index is 11.4. The molecule has 2 N–H and O–H groups in total. The summed E-state index contributed by atoms with van der Waals surface area (Å²) in [6.45, 7) is 0.607. The first-order chi connectivity index (χ1) is 8.66. The molecule has 1 atom stereocenters. The Hall–Kier alpha value is -1.84. The Kier molecular flexibility index (Phi) is 3.97. The molecule has 0 aliphatic heterocycles. The molecule has 1 amide bonds. The number of amides is 1. The van der Waals surface area contributed by atoms with Crippen LogP contribution in [0, 0.1) is 0 Å². The van der Waals surface area contributed by atoms with Crippen LogP contribution in [-0.2, 0) is 16.0 Å². The lowest BCUT2D eigenvalue weighted by Gasteiger charge is -2.12. The van der Waals surface area contributed by atoms with Crippen LogP contribution in [0.3, 0.4) is 0 Å². The van der Waals surface area contributed by atoms with Crippen molar-refractivity contribution in [1.82, 2.24) is 5.32 Å². The molecule has 0 spiro atoms. The molecule has 0 bridgehead atoms. The van der Waals surface area contributed by atoms with Gasteiger partial charge in [0.1, 0.15) is 0 Å². The van der Waals surface area contributed by atoms with Gasteiger partial charge in [0.2, 0.25) is 5.91 Å². The molecule has 96 valence electrons. The van der Waals surface area contributed by atoms with Gasteiger partial charge in [0.05, 0.1) is 6.42 Å². The van der Waals surface area contributed by atoms with Crippen molar-refractivity contribution in [3.63, 3.8) is 0 Å². The molecule has 1 aromatic carbocycles. The highest BCUT2D eigenvalue weighted by molar-refractivity contribution is 5.80. The van der Waals surface area contributed by atoms with Gasteiger partial charge >= 0.3 is 5.97 Å². The van der Waals surface area contributed by atoms with E-state index in [-0.39, 0.29) is 18.7 Å². The molecule has 1 aliphatic carbocycles. The summed E-state index contributed by atoms with van der Waals surface area (Å²) in [7, 11) is 0. The number of aryl methyl sites for hydroxylation is 1. The van der Waals surface area contributed by atoms with Crippen LogP contribution in [0.4, 0.5) is 0 Å². The van der Waals surface area contributed by atoms with Gasteiger partial charge in [-0.2, -0.15) is 0 Å². The number of carbonyl (C=O) groups excluding carboxylic acids is 1. The SMILES string of the molecule is O=C(O)CCC(=O)NCC1CCc2ccccc21. The molecule has 1 unspecified atom stereocenters. The van der Waals surface area contributed by atoms with Crippen LogP contribution in [-0.4, -0.2) is 23.5 Å². The standard InChI is InChI=1S/C14H17NO3/c16-13(7-8-14(17)18)15-9-11-6-5-10-3-1-2-4-12(10)11/h1-4,11H,5-9H2,(H,15,16)(H,17,18). The summed E-state index contributed by atoms with van der Waals surface area (Å²) >= 11 is 0. The monoisotopic (exact) mass is 247 g/mol. The summed E-state index contributed by atoms with van der Waals surface area (Å²) in [6.07, 6.45) is 2.07. The molecule has 4 heteroatoms. The zero-order valence-corrected chi connectivity index (χ0v) is 10.2. The molecular formula is C14H17NO3. The smallest absolute Gasteiger partial charge is 0.303 e. The van der Waals surface area contributed by atoms with Crippen molar-refractivity contribution >= 4 is 11.9 Å². The third-order valence-electron chi connectivity index (χ3n) is 3.37. The maximum Gasteiger partial charge on any atom is 0.303 e. The Morgan fingerprint density at radius 3 is 2.83 bits per heavy atom. The van der Waals surface area contributed by atoms with Crippen molar-refractivity contribution in [2.45, 2.75) is 31.6 Å². The quantitative estimate of drug-likeness (QED) is 0.832. The number of rotatable bonds is 5. The van der Waals surface area contributed by atoms with E-state index in [4.69, 9.17) is 5.11 Å². The van der Waals surface area contributed by atoms with E-state index in [1.807, 2.05) is 12.1 Å². The van der Waals surface area contributed by atoms with Gasteiger partial charge in [0, 0.05) is 18.9 Å². The van der Waals surface area contributed by atoms with E-state index in [1.165, 1.54) is 11.1 Å². The summed E-state index contributed by atoms with van der Waals surface area (Å²) in [5, 5.41) is 11.3. The minimum absolute atomic E-state index is 0.0592. The first-order valence-corrected chi connectivity index (χ1v) is 6.23. The molecule has 18 heavy (non-hydrogen) atoms. The molecule has 0 heterocycles. The lowest BCUT2D eigenvalue weighted by Crippen LogP contribution is -2.28. The molecular weight excluding hydrogens is 230 g/mol. The summed E-state index contributed by atoms with van der Waals surface area (Å²) < 4.78 is 0. The zero-order chi connectivity index (χ0) is 13.0. The minimum Gasteiger partial charge on any atom is -0.481 e. The Morgan fingerprint density at radius 1 is 1.28 bits per heavy atom. The fraction of sp³-hybridized carbons (Fsp3) is 0.429. The van der Waals surface area contributed by atoms with Crippen LogP contribution >= 0.6 is 0 Å². The van der Waals surface area contributed by atoms with Gasteiger partial charge < -0.3 is 10.4 Å². The van der Waals surface area contributed by atoms with E-state index < -0.39 is 5.97 Å². The number of carboxylic acid groups (broad SMARTS) is 1. The Labute approximate surface area is 106 Å². The maximum atomic E-state index is 11.4. The highest BCUT2D eigenvalue weighted by Crippen LogP contribution is 2.32. The van der Waals surface area contributed by atoms with E-state index in [0.717, 1.165) is 12.8 Å². The predicted octanol–water partition coefficient (Wildman–Crippen LogP) is 1.70. The number of carbonyl (C=O) groups is 2. The molecule has 1 aromatic rings. The largest absolute Gasteiger partial charge is 0.481 e. The molecule has 0 radical (unpaired) electrons. The fourth-order valence-electron chi connectivity index (χ4n) is 2.40. The van der Waals surface area contributed by atoms with Gasteiger partial charge in [-0.15, -0.1) is 0 Å². The van der Waals surface area contributed by atoms with Crippen molar-refractivity contribution in [2.24, 2.45) is 0 Å². The van der Waals surface area contributed by atoms with Gasteiger partial charge in [-0.1, -0.05) is 24.3 Å². The van der Waals surface area contributed by atoms with Crippen molar-refractivity contribution in [2.75, 3.05) is 6.54 Å². The van der Waals surface area contributed by atoms with E-state index in [0.29, 0.717) is 12.5 Å². The molecule has 0 aromatic heterocycles. The number of nitrogens with one attached hydrogen (secondary N) is 1. The Bertz CT molecular complexity index is 456. The zero-order valence-electron chi connectivity index (χ0n) is 10.2. The number of fused-ring (bicyclic) bond motifs is 1. The first kappa shape index (κ1) is 12.6. The van der Waals surface area contributed by atoms with E-state index >= 15 is 0 Å². The summed E-state index contributed by atoms with van der Waals surface area (Å²) in [6, 6.07) is 8.29. The second-order valence-electron chi connectivity index (χ2n) is 4.63. The van der Waals surface area contributed by atoms with Gasteiger partial charge in [0.15, 0.2) is 0 Å².